The molecule has 20 heavy (non-hydrogen) atoms. The summed E-state index contributed by atoms with van der Waals surface area (Å²) in [5.74, 6) is 5.45. The van der Waals surface area contributed by atoms with Gasteiger partial charge in [0.25, 0.3) is 0 Å². The van der Waals surface area contributed by atoms with Gasteiger partial charge in [-0.15, -0.1) is 0 Å². The Kier molecular flexibility index (Phi) is 4.65. The molecule has 0 fully saturated rings. The van der Waals surface area contributed by atoms with Gasteiger partial charge in [-0.1, -0.05) is 12.1 Å². The quantitative estimate of drug-likeness (QED) is 0.653. The van der Waals surface area contributed by atoms with E-state index in [0.29, 0.717) is 17.7 Å². The Morgan fingerprint density at radius 1 is 1.10 bits per heavy atom. The number of hydrogen-bond donors (Lipinski definition) is 2. The van der Waals surface area contributed by atoms with Crippen molar-refractivity contribution in [3.05, 3.63) is 65.2 Å². The minimum Gasteiger partial charge on any atom is -0.496 e. The number of nitrogens with one attached hydrogen (secondary N) is 1. The number of hydrogen-bond acceptors (Lipinski definition) is 3. The topological polar surface area (TPSA) is 47.3 Å². The predicted octanol–water partition coefficient (Wildman–Crippen LogP) is 2.72. The van der Waals surface area contributed by atoms with Gasteiger partial charge in [0, 0.05) is 5.56 Å². The van der Waals surface area contributed by atoms with Crippen LogP contribution < -0.4 is 16.0 Å². The Bertz CT molecular complexity index is 573. The maximum atomic E-state index is 13.4. The minimum absolute atomic E-state index is 0.297. The highest BCUT2D eigenvalue weighted by Crippen LogP contribution is 2.28. The molecule has 2 aromatic carbocycles. The van der Waals surface area contributed by atoms with Gasteiger partial charge in [-0.2, -0.15) is 0 Å². The number of ether oxygens (including phenoxy) is 1. The number of rotatable bonds is 5. The van der Waals surface area contributed by atoms with E-state index in [1.165, 1.54) is 31.4 Å². The van der Waals surface area contributed by atoms with E-state index in [-0.39, 0.29) is 17.7 Å². The van der Waals surface area contributed by atoms with E-state index in [4.69, 9.17) is 10.6 Å². The van der Waals surface area contributed by atoms with Gasteiger partial charge in [-0.3, -0.25) is 11.3 Å². The molecule has 0 saturated carbocycles. The number of benzene rings is 2. The molecule has 5 heteroatoms. The first-order valence-corrected chi connectivity index (χ1v) is 6.18. The standard InChI is InChI=1S/C15H16F2N2O/c1-20-15-7-6-12(17)9-13(15)14(19-18)8-10-2-4-11(16)5-3-10/h2-7,9,14,19H,8,18H2,1H3. The normalized spacial score (nSPS) is 12.2. The van der Waals surface area contributed by atoms with Gasteiger partial charge in [0.2, 0.25) is 0 Å². The van der Waals surface area contributed by atoms with E-state index in [0.717, 1.165) is 5.56 Å². The van der Waals surface area contributed by atoms with Crippen molar-refractivity contribution in [3.8, 4) is 5.75 Å². The second-order valence-electron chi connectivity index (χ2n) is 4.44. The fraction of sp³-hybridized carbons (Fsp3) is 0.200. The van der Waals surface area contributed by atoms with Crippen LogP contribution in [-0.4, -0.2) is 7.11 Å². The van der Waals surface area contributed by atoms with Crippen LogP contribution in [-0.2, 0) is 6.42 Å². The summed E-state index contributed by atoms with van der Waals surface area (Å²) in [6.45, 7) is 0. The highest BCUT2D eigenvalue weighted by atomic mass is 19.1. The first-order valence-electron chi connectivity index (χ1n) is 6.18. The fourth-order valence-electron chi connectivity index (χ4n) is 2.09. The van der Waals surface area contributed by atoms with Crippen molar-refractivity contribution >= 4 is 0 Å². The molecule has 0 aromatic heterocycles. The van der Waals surface area contributed by atoms with Crippen LogP contribution in [0.15, 0.2) is 42.5 Å². The van der Waals surface area contributed by atoms with Gasteiger partial charge in [-0.25, -0.2) is 8.78 Å². The smallest absolute Gasteiger partial charge is 0.123 e. The maximum Gasteiger partial charge on any atom is 0.123 e. The second kappa shape index (κ2) is 6.45. The van der Waals surface area contributed by atoms with Crippen LogP contribution >= 0.6 is 0 Å². The summed E-state index contributed by atoms with van der Waals surface area (Å²) in [7, 11) is 1.52. The molecule has 3 N–H and O–H groups in total. The van der Waals surface area contributed by atoms with Crippen molar-refractivity contribution in [2.75, 3.05) is 7.11 Å². The number of nitrogens with two attached hydrogens (primary N) is 1. The van der Waals surface area contributed by atoms with Crippen molar-refractivity contribution in [1.29, 1.82) is 0 Å². The molecule has 0 bridgehead atoms. The third kappa shape index (κ3) is 3.31. The molecular formula is C15H16F2N2O. The summed E-state index contributed by atoms with van der Waals surface area (Å²) in [5.41, 5.74) is 4.16. The van der Waals surface area contributed by atoms with Crippen molar-refractivity contribution in [3.63, 3.8) is 0 Å². The maximum absolute atomic E-state index is 13.4. The zero-order valence-corrected chi connectivity index (χ0v) is 11.1. The summed E-state index contributed by atoms with van der Waals surface area (Å²) in [5, 5.41) is 0. The largest absolute Gasteiger partial charge is 0.496 e. The van der Waals surface area contributed by atoms with Gasteiger partial charge >= 0.3 is 0 Å². The van der Waals surface area contributed by atoms with E-state index in [2.05, 4.69) is 5.43 Å². The molecule has 0 heterocycles. The molecule has 0 aliphatic carbocycles. The summed E-state index contributed by atoms with van der Waals surface area (Å²) in [6, 6.07) is 10.0. The predicted molar refractivity (Wildman–Crippen MR) is 73.1 cm³/mol. The molecule has 3 nitrogen and oxygen atoms in total. The van der Waals surface area contributed by atoms with Crippen LogP contribution in [0.3, 0.4) is 0 Å². The highest BCUT2D eigenvalue weighted by Gasteiger charge is 2.16. The van der Waals surface area contributed by atoms with E-state index in [1.807, 2.05) is 0 Å². The van der Waals surface area contributed by atoms with E-state index < -0.39 is 0 Å². The highest BCUT2D eigenvalue weighted by molar-refractivity contribution is 5.37. The SMILES string of the molecule is COc1ccc(F)cc1C(Cc1ccc(F)cc1)NN. The lowest BCUT2D eigenvalue weighted by atomic mass is 9.98. The third-order valence-electron chi connectivity index (χ3n) is 3.12. The van der Waals surface area contributed by atoms with E-state index in [1.54, 1.807) is 18.2 Å². The van der Waals surface area contributed by atoms with Gasteiger partial charge in [0.1, 0.15) is 17.4 Å². The monoisotopic (exact) mass is 278 g/mol. The third-order valence-corrected chi connectivity index (χ3v) is 3.12. The molecule has 1 atom stereocenters. The van der Waals surface area contributed by atoms with Gasteiger partial charge in [-0.05, 0) is 42.3 Å². The molecule has 0 aliphatic heterocycles. The summed E-state index contributed by atoms with van der Waals surface area (Å²) in [6.07, 6.45) is 0.497. The molecule has 2 rings (SSSR count). The van der Waals surface area contributed by atoms with Crippen LogP contribution in [0.2, 0.25) is 0 Å². The van der Waals surface area contributed by atoms with Crippen LogP contribution in [0, 0.1) is 11.6 Å². The summed E-state index contributed by atoms with van der Waals surface area (Å²) >= 11 is 0. The van der Waals surface area contributed by atoms with Gasteiger partial charge < -0.3 is 4.74 Å². The molecule has 0 saturated heterocycles. The Morgan fingerprint density at radius 3 is 2.35 bits per heavy atom. The summed E-state index contributed by atoms with van der Waals surface area (Å²) in [4.78, 5) is 0. The Hall–Kier alpha value is -1.98. The van der Waals surface area contributed by atoms with Crippen molar-refractivity contribution < 1.29 is 13.5 Å². The summed E-state index contributed by atoms with van der Waals surface area (Å²) < 4.78 is 31.5. The number of hydrazine groups is 1. The van der Waals surface area contributed by atoms with E-state index >= 15 is 0 Å². The Balaban J connectivity index is 2.28. The van der Waals surface area contributed by atoms with Crippen LogP contribution in [0.25, 0.3) is 0 Å². The first kappa shape index (κ1) is 14.4. The zero-order valence-electron chi connectivity index (χ0n) is 11.1. The fourth-order valence-corrected chi connectivity index (χ4v) is 2.09. The van der Waals surface area contributed by atoms with Gasteiger partial charge in [0.05, 0.1) is 13.2 Å². The lowest BCUT2D eigenvalue weighted by Gasteiger charge is -2.19. The zero-order chi connectivity index (χ0) is 14.5. The van der Waals surface area contributed by atoms with Gasteiger partial charge in [0.15, 0.2) is 0 Å². The second-order valence-corrected chi connectivity index (χ2v) is 4.44. The van der Waals surface area contributed by atoms with Crippen LogP contribution in [0.1, 0.15) is 17.2 Å². The molecule has 0 aliphatic rings. The number of halogens is 2. The van der Waals surface area contributed by atoms with Crippen LogP contribution in [0.4, 0.5) is 8.78 Å². The molecular weight excluding hydrogens is 262 g/mol. The molecule has 0 radical (unpaired) electrons. The molecule has 106 valence electrons. The first-order chi connectivity index (χ1) is 9.63. The molecule has 0 amide bonds. The van der Waals surface area contributed by atoms with Crippen LogP contribution in [0.5, 0.6) is 5.75 Å². The lowest BCUT2D eigenvalue weighted by molar-refractivity contribution is 0.397. The van der Waals surface area contributed by atoms with Crippen molar-refractivity contribution in [2.24, 2.45) is 5.84 Å². The molecule has 2 aromatic rings. The van der Waals surface area contributed by atoms with Crippen molar-refractivity contribution in [1.82, 2.24) is 5.43 Å². The van der Waals surface area contributed by atoms with E-state index in [9.17, 15) is 8.78 Å². The lowest BCUT2D eigenvalue weighted by Crippen LogP contribution is -2.30. The average Bonchev–Trinajstić information content (AvgIpc) is 2.46. The Labute approximate surface area is 116 Å². The number of methoxy groups -OCH3 is 1. The Morgan fingerprint density at radius 2 is 1.75 bits per heavy atom. The molecule has 0 spiro atoms. The average molecular weight is 278 g/mol. The molecule has 1 unspecified atom stereocenters. The van der Waals surface area contributed by atoms with Crippen molar-refractivity contribution in [2.45, 2.75) is 12.5 Å². The minimum atomic E-state index is -0.361.